The lowest BCUT2D eigenvalue weighted by molar-refractivity contribution is -0.156. The molecule has 2 saturated heterocycles. The molecule has 0 bridgehead atoms. The van der Waals surface area contributed by atoms with Gasteiger partial charge >= 0.3 is 0 Å². The predicted molar refractivity (Wildman–Crippen MR) is 137 cm³/mol. The Kier molecular flexibility index (Phi) is 8.53. The van der Waals surface area contributed by atoms with E-state index in [9.17, 15) is 24.0 Å². The monoisotopic (exact) mass is 516 g/mol. The van der Waals surface area contributed by atoms with Crippen LogP contribution in [-0.2, 0) is 20.9 Å². The molecular weight excluding hydrogens is 475 g/mol. The Bertz CT molecular complexity index is 960. The lowest BCUT2D eigenvalue weighted by atomic mass is 9.84. The molecule has 8 nitrogen and oxygen atoms in total. The predicted octanol–water partition coefficient (Wildman–Crippen LogP) is 3.19. The van der Waals surface area contributed by atoms with Crippen LogP contribution in [0, 0.1) is 23.1 Å². The second-order valence-corrected chi connectivity index (χ2v) is 12.1. The van der Waals surface area contributed by atoms with Gasteiger partial charge in [-0.2, -0.15) is 0 Å². The number of carbonyl (C=O) groups excluding carboxylic acids is 3. The van der Waals surface area contributed by atoms with Crippen LogP contribution in [0.15, 0.2) is 24.3 Å². The number of nitrogens with one attached hydrogen (secondary N) is 1. The van der Waals surface area contributed by atoms with Gasteiger partial charge in [0, 0.05) is 31.7 Å². The summed E-state index contributed by atoms with van der Waals surface area (Å²) < 4.78 is 13.3. The lowest BCUT2D eigenvalue weighted by Crippen LogP contribution is -2.57. The molecule has 1 aromatic rings. The topological polar surface area (TPSA) is 93.0 Å². The fourth-order valence-electron chi connectivity index (χ4n) is 6.09. The van der Waals surface area contributed by atoms with Gasteiger partial charge in [-0.05, 0) is 41.9 Å². The van der Waals surface area contributed by atoms with Crippen molar-refractivity contribution in [1.29, 1.82) is 0 Å². The zero-order chi connectivity index (χ0) is 26.7. The highest BCUT2D eigenvalue weighted by Gasteiger charge is 2.52. The maximum absolute atomic E-state index is 13.7. The first-order valence-corrected chi connectivity index (χ1v) is 13.6. The van der Waals surface area contributed by atoms with Crippen LogP contribution in [0.1, 0.15) is 64.9 Å². The van der Waals surface area contributed by atoms with Crippen molar-refractivity contribution < 1.29 is 24.0 Å². The molecule has 4 rings (SSSR count). The highest BCUT2D eigenvalue weighted by Crippen LogP contribution is 2.38. The Morgan fingerprint density at radius 2 is 1.84 bits per heavy atom. The molecule has 2 unspecified atom stereocenters. The number of fused-ring (bicyclic) bond motifs is 1. The van der Waals surface area contributed by atoms with E-state index in [-0.39, 0.29) is 30.2 Å². The second kappa shape index (κ2) is 11.5. The number of likely N-dealkylation sites (tertiary alicyclic amines) is 1. The molecule has 1 aliphatic carbocycles. The number of hydrogen-bond acceptors (Lipinski definition) is 5. The summed E-state index contributed by atoms with van der Waals surface area (Å²) in [6.07, 6.45) is 6.13. The van der Waals surface area contributed by atoms with Gasteiger partial charge in [0.2, 0.25) is 18.2 Å². The largest absolute Gasteiger partial charge is 0.344 e. The highest BCUT2D eigenvalue weighted by atomic mass is 19.1. The molecule has 0 radical (unpaired) electrons. The highest BCUT2D eigenvalue weighted by molar-refractivity contribution is 5.89. The number of nitrogens with zero attached hydrogens (tertiary/aromatic N) is 3. The molecule has 2 heterocycles. The van der Waals surface area contributed by atoms with Crippen molar-refractivity contribution in [2.75, 3.05) is 19.6 Å². The fourth-order valence-corrected chi connectivity index (χ4v) is 6.09. The quantitative estimate of drug-likeness (QED) is 0.216. The number of carbonyl (C=O) groups is 3. The van der Waals surface area contributed by atoms with Crippen molar-refractivity contribution >= 4 is 18.2 Å². The van der Waals surface area contributed by atoms with Crippen molar-refractivity contribution in [3.63, 3.8) is 0 Å². The van der Waals surface area contributed by atoms with Crippen molar-refractivity contribution in [2.24, 2.45) is 17.3 Å². The average molecular weight is 517 g/mol. The minimum absolute atomic E-state index is 0.0807. The van der Waals surface area contributed by atoms with E-state index in [1.54, 1.807) is 12.1 Å². The van der Waals surface area contributed by atoms with Gasteiger partial charge < -0.3 is 10.2 Å². The summed E-state index contributed by atoms with van der Waals surface area (Å²) in [7, 11) is 0. The van der Waals surface area contributed by atoms with E-state index in [0.29, 0.717) is 42.9 Å². The summed E-state index contributed by atoms with van der Waals surface area (Å²) in [6.45, 7) is 7.71. The molecule has 0 aromatic heterocycles. The van der Waals surface area contributed by atoms with E-state index < -0.39 is 17.4 Å². The van der Waals surface area contributed by atoms with Crippen LogP contribution in [0.5, 0.6) is 0 Å². The third-order valence-corrected chi connectivity index (χ3v) is 8.29. The standard InChI is InChI=1S/C28H41FN4O4/c1-28(2,3)25(30-26(35)21(16-32(37)18-34)14-19-6-4-5-7-19)27(36)31-13-12-23-24(17-31)33(23)15-20-8-10-22(29)11-9-20/h8-11,18-19,21,23-25,37H,4-7,12-17H2,1-3H3,(H,30,35)/t21-,23?,24-,25-,33?/m1/s1. The van der Waals surface area contributed by atoms with E-state index in [4.69, 9.17) is 0 Å². The van der Waals surface area contributed by atoms with Crippen molar-refractivity contribution in [2.45, 2.75) is 84.0 Å². The Morgan fingerprint density at radius 1 is 1.16 bits per heavy atom. The van der Waals surface area contributed by atoms with Crippen LogP contribution in [0.3, 0.4) is 0 Å². The molecule has 1 saturated carbocycles. The minimum atomic E-state index is -0.713. The minimum Gasteiger partial charge on any atom is -0.344 e. The van der Waals surface area contributed by atoms with Crippen LogP contribution in [0.4, 0.5) is 4.39 Å². The van der Waals surface area contributed by atoms with Gasteiger partial charge in [-0.15, -0.1) is 0 Å². The molecule has 1 aromatic carbocycles. The number of piperidine rings is 1. The van der Waals surface area contributed by atoms with Crippen molar-refractivity contribution in [3.05, 3.63) is 35.6 Å². The molecular formula is C28H41FN4O4. The summed E-state index contributed by atoms with van der Waals surface area (Å²) >= 11 is 0. The van der Waals surface area contributed by atoms with E-state index in [1.807, 2.05) is 25.7 Å². The molecule has 2 aliphatic heterocycles. The normalized spacial score (nSPS) is 25.2. The maximum atomic E-state index is 13.7. The van der Waals surface area contributed by atoms with E-state index >= 15 is 0 Å². The first-order valence-electron chi connectivity index (χ1n) is 13.6. The average Bonchev–Trinajstić information content (AvgIpc) is 3.27. The van der Waals surface area contributed by atoms with Gasteiger partial charge in [-0.3, -0.25) is 24.5 Å². The van der Waals surface area contributed by atoms with Gasteiger partial charge in [0.15, 0.2) is 0 Å². The fraction of sp³-hybridized carbons (Fsp3) is 0.679. The molecule has 37 heavy (non-hydrogen) atoms. The molecule has 204 valence electrons. The molecule has 3 fully saturated rings. The van der Waals surface area contributed by atoms with Crippen LogP contribution in [-0.4, -0.2) is 76.1 Å². The van der Waals surface area contributed by atoms with Gasteiger partial charge in [-0.1, -0.05) is 58.6 Å². The number of hydroxylamine groups is 2. The van der Waals surface area contributed by atoms with Crippen LogP contribution >= 0.6 is 0 Å². The number of halogens is 1. The van der Waals surface area contributed by atoms with Gasteiger partial charge in [0.05, 0.1) is 12.5 Å². The van der Waals surface area contributed by atoms with E-state index in [1.165, 1.54) is 12.1 Å². The Morgan fingerprint density at radius 3 is 2.46 bits per heavy atom. The third kappa shape index (κ3) is 6.87. The first kappa shape index (κ1) is 27.5. The molecule has 9 heteroatoms. The Balaban J connectivity index is 1.39. The zero-order valence-electron chi connectivity index (χ0n) is 22.2. The van der Waals surface area contributed by atoms with Crippen LogP contribution < -0.4 is 5.32 Å². The summed E-state index contributed by atoms with van der Waals surface area (Å²) in [5, 5.41) is 13.4. The summed E-state index contributed by atoms with van der Waals surface area (Å²) in [5.41, 5.74) is 0.539. The summed E-state index contributed by atoms with van der Waals surface area (Å²) in [6, 6.07) is 6.52. The number of hydrogen-bond donors (Lipinski definition) is 2. The van der Waals surface area contributed by atoms with Gasteiger partial charge in [0.25, 0.3) is 0 Å². The third-order valence-electron chi connectivity index (χ3n) is 8.29. The van der Waals surface area contributed by atoms with Crippen LogP contribution in [0.25, 0.3) is 0 Å². The molecule has 3 aliphatic rings. The van der Waals surface area contributed by atoms with Crippen LogP contribution in [0.2, 0.25) is 0 Å². The lowest BCUT2D eigenvalue weighted by Gasteiger charge is -2.37. The van der Waals surface area contributed by atoms with Gasteiger partial charge in [-0.25, -0.2) is 9.45 Å². The summed E-state index contributed by atoms with van der Waals surface area (Å²) in [5.74, 6) is -0.816. The molecule has 2 N–H and O–H groups in total. The SMILES string of the molecule is CC(C)(C)[C@H](NC(=O)[C@H](CC1CCCC1)CN(O)C=O)C(=O)N1CCC2[C@@H](C1)N2Cc1ccc(F)cc1. The smallest absolute Gasteiger partial charge is 0.245 e. The van der Waals surface area contributed by atoms with E-state index in [2.05, 4.69) is 10.2 Å². The molecule has 5 atom stereocenters. The number of rotatable bonds is 10. The summed E-state index contributed by atoms with van der Waals surface area (Å²) in [4.78, 5) is 42.4. The number of benzene rings is 1. The molecule has 0 spiro atoms. The Hall–Kier alpha value is -2.52. The van der Waals surface area contributed by atoms with E-state index in [0.717, 1.165) is 44.2 Å². The second-order valence-electron chi connectivity index (χ2n) is 12.1. The molecule has 3 amide bonds. The first-order chi connectivity index (χ1) is 17.6. The van der Waals surface area contributed by atoms with Crippen molar-refractivity contribution in [3.8, 4) is 0 Å². The van der Waals surface area contributed by atoms with Crippen molar-refractivity contribution in [1.82, 2.24) is 20.2 Å². The Labute approximate surface area is 219 Å². The van der Waals surface area contributed by atoms with Gasteiger partial charge in [0.1, 0.15) is 11.9 Å². The maximum Gasteiger partial charge on any atom is 0.245 e. The number of amides is 3. The zero-order valence-corrected chi connectivity index (χ0v) is 22.2.